The Morgan fingerprint density at radius 2 is 2.42 bits per heavy atom. The van der Waals surface area contributed by atoms with E-state index in [9.17, 15) is 4.79 Å². The van der Waals surface area contributed by atoms with Gasteiger partial charge >= 0.3 is 0 Å². The highest BCUT2D eigenvalue weighted by molar-refractivity contribution is 5.94. The molecule has 0 aliphatic carbocycles. The van der Waals surface area contributed by atoms with Crippen LogP contribution in [0.4, 0.5) is 0 Å². The number of nitrogens with one attached hydrogen (secondary N) is 2. The maximum Gasteiger partial charge on any atom is 0.251 e. The first-order valence-corrected chi connectivity index (χ1v) is 6.78. The summed E-state index contributed by atoms with van der Waals surface area (Å²) in [4.78, 5) is 11.9. The lowest BCUT2D eigenvalue weighted by atomic mass is 9.96. The fourth-order valence-electron chi connectivity index (χ4n) is 2.39. The van der Waals surface area contributed by atoms with Crippen molar-refractivity contribution >= 4 is 5.91 Å². The van der Waals surface area contributed by atoms with Crippen LogP contribution in [-0.2, 0) is 0 Å². The van der Waals surface area contributed by atoms with Crippen LogP contribution in [0.5, 0.6) is 0 Å². The van der Waals surface area contributed by atoms with Gasteiger partial charge in [-0.05, 0) is 56.5 Å². The predicted molar refractivity (Wildman–Crippen MR) is 73.7 cm³/mol. The van der Waals surface area contributed by atoms with Crippen LogP contribution >= 0.6 is 0 Å². The quantitative estimate of drug-likeness (QED) is 0.862. The van der Waals surface area contributed by atoms with E-state index in [0.717, 1.165) is 19.5 Å². The van der Waals surface area contributed by atoms with Gasteiger partial charge in [0.15, 0.2) is 0 Å². The van der Waals surface area contributed by atoms with Crippen LogP contribution in [-0.4, -0.2) is 25.5 Å². The van der Waals surface area contributed by atoms with Gasteiger partial charge in [0, 0.05) is 12.1 Å². The van der Waals surface area contributed by atoms with Crippen molar-refractivity contribution in [2.45, 2.75) is 19.3 Å². The lowest BCUT2D eigenvalue weighted by Crippen LogP contribution is -2.33. The Kier molecular flexibility index (Phi) is 4.93. The summed E-state index contributed by atoms with van der Waals surface area (Å²) in [7, 11) is 0. The highest BCUT2D eigenvalue weighted by Crippen LogP contribution is 2.13. The van der Waals surface area contributed by atoms with Crippen molar-refractivity contribution in [3.63, 3.8) is 0 Å². The number of carbonyl (C=O) groups is 1. The summed E-state index contributed by atoms with van der Waals surface area (Å²) in [5, 5.41) is 15.1. The molecule has 2 rings (SSSR count). The van der Waals surface area contributed by atoms with Crippen LogP contribution in [0, 0.1) is 17.2 Å². The second-order valence-electron chi connectivity index (χ2n) is 4.95. The van der Waals surface area contributed by atoms with Gasteiger partial charge < -0.3 is 10.6 Å². The summed E-state index contributed by atoms with van der Waals surface area (Å²) in [6.07, 6.45) is 3.48. The lowest BCUT2D eigenvalue weighted by Gasteiger charge is -2.22. The van der Waals surface area contributed by atoms with Crippen LogP contribution in [0.2, 0.25) is 0 Å². The van der Waals surface area contributed by atoms with Gasteiger partial charge in [-0.25, -0.2) is 0 Å². The van der Waals surface area contributed by atoms with E-state index in [1.165, 1.54) is 12.8 Å². The Morgan fingerprint density at radius 3 is 3.16 bits per heavy atom. The number of piperidine rings is 1. The van der Waals surface area contributed by atoms with Crippen LogP contribution < -0.4 is 10.6 Å². The molecule has 0 radical (unpaired) electrons. The minimum atomic E-state index is -0.0964. The molecule has 1 aromatic rings. The molecule has 1 fully saturated rings. The van der Waals surface area contributed by atoms with Crippen LogP contribution in [0.1, 0.15) is 35.2 Å². The van der Waals surface area contributed by atoms with Gasteiger partial charge in [-0.15, -0.1) is 0 Å². The third kappa shape index (κ3) is 4.08. The fraction of sp³-hybridized carbons (Fsp3) is 0.467. The summed E-state index contributed by atoms with van der Waals surface area (Å²) >= 11 is 0. The zero-order valence-electron chi connectivity index (χ0n) is 11.0. The molecule has 4 heteroatoms. The Bertz CT molecular complexity index is 473. The van der Waals surface area contributed by atoms with E-state index < -0.39 is 0 Å². The molecule has 4 nitrogen and oxygen atoms in total. The zero-order valence-corrected chi connectivity index (χ0v) is 11.0. The third-order valence-corrected chi connectivity index (χ3v) is 3.49. The average Bonchev–Trinajstić information content (AvgIpc) is 2.48. The summed E-state index contributed by atoms with van der Waals surface area (Å²) < 4.78 is 0. The van der Waals surface area contributed by atoms with Crippen molar-refractivity contribution in [2.75, 3.05) is 19.6 Å². The van der Waals surface area contributed by atoms with Crippen molar-refractivity contribution in [2.24, 2.45) is 5.92 Å². The second kappa shape index (κ2) is 6.91. The highest BCUT2D eigenvalue weighted by Gasteiger charge is 2.13. The topological polar surface area (TPSA) is 64.9 Å². The first-order valence-electron chi connectivity index (χ1n) is 6.78. The predicted octanol–water partition coefficient (Wildman–Crippen LogP) is 1.68. The molecule has 1 aromatic carbocycles. The number of carbonyl (C=O) groups excluding carboxylic acids is 1. The van der Waals surface area contributed by atoms with E-state index in [2.05, 4.69) is 10.6 Å². The molecule has 1 saturated heterocycles. The molecule has 1 amide bonds. The van der Waals surface area contributed by atoms with Crippen molar-refractivity contribution in [1.82, 2.24) is 10.6 Å². The number of hydrogen-bond acceptors (Lipinski definition) is 3. The maximum absolute atomic E-state index is 11.9. The molecule has 2 N–H and O–H groups in total. The molecule has 0 aromatic heterocycles. The molecule has 0 bridgehead atoms. The van der Waals surface area contributed by atoms with Gasteiger partial charge in [-0.2, -0.15) is 5.26 Å². The van der Waals surface area contributed by atoms with Gasteiger partial charge in [0.05, 0.1) is 11.6 Å². The van der Waals surface area contributed by atoms with Gasteiger partial charge in [-0.1, -0.05) is 6.07 Å². The fourth-order valence-corrected chi connectivity index (χ4v) is 2.39. The first kappa shape index (κ1) is 13.6. The van der Waals surface area contributed by atoms with E-state index in [1.807, 2.05) is 6.07 Å². The number of amides is 1. The third-order valence-electron chi connectivity index (χ3n) is 3.49. The van der Waals surface area contributed by atoms with Crippen molar-refractivity contribution < 1.29 is 4.79 Å². The maximum atomic E-state index is 11.9. The van der Waals surface area contributed by atoms with Crippen molar-refractivity contribution in [3.8, 4) is 6.07 Å². The largest absolute Gasteiger partial charge is 0.352 e. The van der Waals surface area contributed by atoms with E-state index in [4.69, 9.17) is 5.26 Å². The molecular weight excluding hydrogens is 238 g/mol. The minimum Gasteiger partial charge on any atom is -0.352 e. The Balaban J connectivity index is 1.79. The van der Waals surface area contributed by atoms with Gasteiger partial charge in [-0.3, -0.25) is 4.79 Å². The highest BCUT2D eigenvalue weighted by atomic mass is 16.1. The van der Waals surface area contributed by atoms with E-state index in [-0.39, 0.29) is 5.91 Å². The molecule has 19 heavy (non-hydrogen) atoms. The molecule has 100 valence electrons. The summed E-state index contributed by atoms with van der Waals surface area (Å²) in [6, 6.07) is 8.83. The van der Waals surface area contributed by atoms with Gasteiger partial charge in [0.1, 0.15) is 0 Å². The standard InChI is InChI=1S/C15H19N3O/c16-10-13-3-1-5-14(9-13)15(19)18-8-6-12-4-2-7-17-11-12/h1,3,5,9,12,17H,2,4,6-8,11H2,(H,18,19). The summed E-state index contributed by atoms with van der Waals surface area (Å²) in [6.45, 7) is 2.87. The zero-order chi connectivity index (χ0) is 13.5. The lowest BCUT2D eigenvalue weighted by molar-refractivity contribution is 0.0950. The summed E-state index contributed by atoms with van der Waals surface area (Å²) in [5.41, 5.74) is 1.07. The number of nitrogens with zero attached hydrogens (tertiary/aromatic N) is 1. The number of nitriles is 1. The van der Waals surface area contributed by atoms with Gasteiger partial charge in [0.25, 0.3) is 5.91 Å². The first-order chi connectivity index (χ1) is 9.29. The van der Waals surface area contributed by atoms with E-state index in [0.29, 0.717) is 23.6 Å². The smallest absolute Gasteiger partial charge is 0.251 e. The normalized spacial score (nSPS) is 18.6. The average molecular weight is 257 g/mol. The molecule has 0 spiro atoms. The molecule has 1 aliphatic heterocycles. The van der Waals surface area contributed by atoms with Crippen LogP contribution in [0.3, 0.4) is 0 Å². The van der Waals surface area contributed by atoms with E-state index >= 15 is 0 Å². The molecule has 1 aliphatic rings. The molecule has 0 saturated carbocycles. The Hall–Kier alpha value is -1.86. The summed E-state index contributed by atoms with van der Waals surface area (Å²) in [5.74, 6) is 0.570. The van der Waals surface area contributed by atoms with Crippen molar-refractivity contribution in [3.05, 3.63) is 35.4 Å². The van der Waals surface area contributed by atoms with E-state index in [1.54, 1.807) is 24.3 Å². The second-order valence-corrected chi connectivity index (χ2v) is 4.95. The SMILES string of the molecule is N#Cc1cccc(C(=O)NCCC2CCCNC2)c1. The molecule has 1 atom stereocenters. The Labute approximate surface area is 113 Å². The molecular formula is C15H19N3O. The molecule has 1 heterocycles. The minimum absolute atomic E-state index is 0.0964. The van der Waals surface area contributed by atoms with Crippen molar-refractivity contribution in [1.29, 1.82) is 5.26 Å². The Morgan fingerprint density at radius 1 is 1.53 bits per heavy atom. The number of rotatable bonds is 4. The van der Waals surface area contributed by atoms with Crippen LogP contribution in [0.25, 0.3) is 0 Å². The number of benzene rings is 1. The van der Waals surface area contributed by atoms with Crippen LogP contribution in [0.15, 0.2) is 24.3 Å². The monoisotopic (exact) mass is 257 g/mol. The molecule has 1 unspecified atom stereocenters. The van der Waals surface area contributed by atoms with Gasteiger partial charge in [0.2, 0.25) is 0 Å². The number of hydrogen-bond donors (Lipinski definition) is 2.